The minimum atomic E-state index is -0.575. The highest BCUT2D eigenvalue weighted by molar-refractivity contribution is 6.33. The number of aromatic nitrogens is 2. The highest BCUT2D eigenvalue weighted by atomic mass is 35.5. The second-order valence-electron chi connectivity index (χ2n) is 4.69. The van der Waals surface area contributed by atoms with Gasteiger partial charge in [0, 0.05) is 37.1 Å². The molecular weight excluding hydrogens is 296 g/mol. The van der Waals surface area contributed by atoms with Crippen molar-refractivity contribution < 1.29 is 9.72 Å². The van der Waals surface area contributed by atoms with Gasteiger partial charge in [0.25, 0.3) is 11.6 Å². The smallest absolute Gasteiger partial charge is 0.287 e. The summed E-state index contributed by atoms with van der Waals surface area (Å²) >= 11 is 5.84. The molecule has 8 heteroatoms. The van der Waals surface area contributed by atoms with Crippen molar-refractivity contribution in [2.24, 2.45) is 0 Å². The molecule has 0 saturated carbocycles. The predicted molar refractivity (Wildman–Crippen MR) is 75.1 cm³/mol. The summed E-state index contributed by atoms with van der Waals surface area (Å²) in [5, 5.41) is 10.7. The molecule has 2 aromatic rings. The summed E-state index contributed by atoms with van der Waals surface area (Å²) in [4.78, 5) is 28.4. The number of hydrogen-bond acceptors (Lipinski definition) is 4. The van der Waals surface area contributed by atoms with Crippen LogP contribution in [0, 0.1) is 10.1 Å². The summed E-state index contributed by atoms with van der Waals surface area (Å²) in [6.07, 6.45) is 3.58. The van der Waals surface area contributed by atoms with Crippen LogP contribution in [0.3, 0.4) is 0 Å². The van der Waals surface area contributed by atoms with E-state index in [1.807, 2.05) is 10.8 Å². The van der Waals surface area contributed by atoms with E-state index in [2.05, 4.69) is 4.98 Å². The lowest BCUT2D eigenvalue weighted by atomic mass is 10.1. The number of nitrogens with zero attached hydrogens (tertiary/aromatic N) is 4. The molecule has 108 valence electrons. The molecule has 1 aromatic carbocycles. The molecule has 0 saturated heterocycles. The van der Waals surface area contributed by atoms with Crippen molar-refractivity contribution in [1.82, 2.24) is 14.5 Å². The topological polar surface area (TPSA) is 81.3 Å². The van der Waals surface area contributed by atoms with Gasteiger partial charge < -0.3 is 9.47 Å². The zero-order valence-corrected chi connectivity index (χ0v) is 11.7. The molecular formula is C13H11ClN4O3. The zero-order chi connectivity index (χ0) is 15.0. The summed E-state index contributed by atoms with van der Waals surface area (Å²) in [6, 6.07) is 4.01. The van der Waals surface area contributed by atoms with E-state index >= 15 is 0 Å². The molecule has 1 aromatic heterocycles. The minimum absolute atomic E-state index is 0.0376. The Morgan fingerprint density at radius 1 is 1.38 bits per heavy atom. The van der Waals surface area contributed by atoms with Gasteiger partial charge in [0.1, 0.15) is 10.8 Å². The number of rotatable bonds is 2. The fourth-order valence-corrected chi connectivity index (χ4v) is 2.57. The number of halogens is 1. The van der Waals surface area contributed by atoms with E-state index in [-0.39, 0.29) is 16.6 Å². The van der Waals surface area contributed by atoms with E-state index in [4.69, 9.17) is 11.6 Å². The van der Waals surface area contributed by atoms with Crippen LogP contribution >= 0.6 is 11.6 Å². The van der Waals surface area contributed by atoms with Crippen molar-refractivity contribution in [2.45, 2.75) is 13.1 Å². The number of nitro groups is 1. The van der Waals surface area contributed by atoms with Crippen LogP contribution in [-0.2, 0) is 13.1 Å². The first-order valence-electron chi connectivity index (χ1n) is 6.29. The average Bonchev–Trinajstić information content (AvgIpc) is 2.93. The molecule has 0 bridgehead atoms. The third kappa shape index (κ3) is 2.47. The number of amides is 1. The molecule has 1 amide bonds. The van der Waals surface area contributed by atoms with Crippen molar-refractivity contribution in [3.05, 3.63) is 57.1 Å². The summed E-state index contributed by atoms with van der Waals surface area (Å²) in [5.74, 6) is 0.614. The molecule has 0 N–H and O–H groups in total. The van der Waals surface area contributed by atoms with Gasteiger partial charge in [-0.3, -0.25) is 14.9 Å². The van der Waals surface area contributed by atoms with Gasteiger partial charge in [-0.25, -0.2) is 4.98 Å². The molecule has 3 rings (SSSR count). The Labute approximate surface area is 124 Å². The van der Waals surface area contributed by atoms with Crippen LogP contribution < -0.4 is 0 Å². The summed E-state index contributed by atoms with van der Waals surface area (Å²) in [7, 11) is 0. The largest absolute Gasteiger partial charge is 0.332 e. The lowest BCUT2D eigenvalue weighted by Crippen LogP contribution is -2.38. The molecule has 7 nitrogen and oxygen atoms in total. The maximum atomic E-state index is 12.4. The summed E-state index contributed by atoms with van der Waals surface area (Å²) < 4.78 is 1.99. The van der Waals surface area contributed by atoms with Gasteiger partial charge in [-0.1, -0.05) is 11.6 Å². The van der Waals surface area contributed by atoms with E-state index in [1.54, 1.807) is 11.1 Å². The number of hydrogen-bond donors (Lipinski definition) is 0. The van der Waals surface area contributed by atoms with E-state index in [9.17, 15) is 14.9 Å². The van der Waals surface area contributed by atoms with Crippen LogP contribution in [-0.4, -0.2) is 31.8 Å². The quantitative estimate of drug-likeness (QED) is 0.628. The Bertz CT molecular complexity index is 728. The fourth-order valence-electron chi connectivity index (χ4n) is 2.32. The van der Waals surface area contributed by atoms with Crippen LogP contribution in [0.2, 0.25) is 5.02 Å². The molecule has 0 aliphatic carbocycles. The lowest BCUT2D eigenvalue weighted by molar-refractivity contribution is -0.384. The lowest BCUT2D eigenvalue weighted by Gasteiger charge is -2.27. The standard InChI is InChI=1S/C13H11ClN4O3/c14-10-7-9(1-2-11(10)18(20)21)13(19)17-6-5-16-4-3-15-12(16)8-17/h1-4,7H,5-6,8H2. The average molecular weight is 307 g/mol. The summed E-state index contributed by atoms with van der Waals surface area (Å²) in [5.41, 5.74) is 0.132. The second kappa shape index (κ2) is 5.17. The van der Waals surface area contributed by atoms with E-state index in [0.29, 0.717) is 25.2 Å². The van der Waals surface area contributed by atoms with E-state index < -0.39 is 4.92 Å². The number of imidazole rings is 1. The molecule has 1 aliphatic heterocycles. The molecule has 0 unspecified atom stereocenters. The second-order valence-corrected chi connectivity index (χ2v) is 5.09. The van der Waals surface area contributed by atoms with E-state index in [0.717, 1.165) is 5.82 Å². The van der Waals surface area contributed by atoms with Gasteiger partial charge in [0.15, 0.2) is 0 Å². The third-order valence-electron chi connectivity index (χ3n) is 3.42. The summed E-state index contributed by atoms with van der Waals surface area (Å²) in [6.45, 7) is 1.67. The van der Waals surface area contributed by atoms with Crippen LogP contribution in [0.4, 0.5) is 5.69 Å². The first-order chi connectivity index (χ1) is 10.1. The van der Waals surface area contributed by atoms with Gasteiger partial charge >= 0.3 is 0 Å². The van der Waals surface area contributed by atoms with E-state index in [1.165, 1.54) is 18.2 Å². The van der Waals surface area contributed by atoms with Gasteiger partial charge in [-0.2, -0.15) is 0 Å². The third-order valence-corrected chi connectivity index (χ3v) is 3.73. The first kappa shape index (κ1) is 13.6. The normalized spacial score (nSPS) is 13.9. The maximum absolute atomic E-state index is 12.4. The predicted octanol–water partition coefficient (Wildman–Crippen LogP) is 2.10. The molecule has 0 radical (unpaired) electrons. The molecule has 1 aliphatic rings. The Hall–Kier alpha value is -2.41. The van der Waals surface area contributed by atoms with Crippen molar-refractivity contribution >= 4 is 23.2 Å². The van der Waals surface area contributed by atoms with Crippen LogP contribution in [0.1, 0.15) is 16.2 Å². The minimum Gasteiger partial charge on any atom is -0.332 e. The Balaban J connectivity index is 1.83. The number of benzene rings is 1. The van der Waals surface area contributed by atoms with Crippen molar-refractivity contribution in [1.29, 1.82) is 0 Å². The molecule has 21 heavy (non-hydrogen) atoms. The first-order valence-corrected chi connectivity index (χ1v) is 6.67. The van der Waals surface area contributed by atoms with Gasteiger partial charge in [-0.05, 0) is 12.1 Å². The van der Waals surface area contributed by atoms with Crippen molar-refractivity contribution in [2.75, 3.05) is 6.54 Å². The Morgan fingerprint density at radius 3 is 2.90 bits per heavy atom. The van der Waals surface area contributed by atoms with Gasteiger partial charge in [0.05, 0.1) is 11.5 Å². The van der Waals surface area contributed by atoms with Gasteiger partial charge in [-0.15, -0.1) is 0 Å². The maximum Gasteiger partial charge on any atom is 0.287 e. The van der Waals surface area contributed by atoms with Crippen LogP contribution in [0.15, 0.2) is 30.6 Å². The molecule has 0 spiro atoms. The van der Waals surface area contributed by atoms with Gasteiger partial charge in [0.2, 0.25) is 0 Å². The molecule has 2 heterocycles. The zero-order valence-electron chi connectivity index (χ0n) is 10.9. The van der Waals surface area contributed by atoms with Crippen LogP contribution in [0.25, 0.3) is 0 Å². The monoisotopic (exact) mass is 306 g/mol. The number of carbonyl (C=O) groups is 1. The molecule has 0 atom stereocenters. The highest BCUT2D eigenvalue weighted by Gasteiger charge is 2.23. The van der Waals surface area contributed by atoms with Crippen molar-refractivity contribution in [3.63, 3.8) is 0 Å². The Kier molecular flexibility index (Phi) is 3.34. The van der Waals surface area contributed by atoms with Crippen LogP contribution in [0.5, 0.6) is 0 Å². The fraction of sp³-hybridized carbons (Fsp3) is 0.231. The number of fused-ring (bicyclic) bond motifs is 1. The Morgan fingerprint density at radius 2 is 2.19 bits per heavy atom. The molecule has 0 fully saturated rings. The SMILES string of the molecule is O=C(c1ccc([N+](=O)[O-])c(Cl)c1)N1CCn2ccnc2C1. The number of nitro benzene ring substituents is 1. The number of carbonyl (C=O) groups excluding carboxylic acids is 1. The van der Waals surface area contributed by atoms with Crippen molar-refractivity contribution in [3.8, 4) is 0 Å². The highest BCUT2D eigenvalue weighted by Crippen LogP contribution is 2.26.